The average Bonchev–Trinajstić information content (AvgIpc) is 2.91. The standard InChI is InChI=1S/C21H20O2/c1-15-3-5-16(6-4-15)13-18-9-10-19(21(18)22)14-17-7-11-20(23-2)12-8-17/h3-8,11-14H,9-10H2,1-2H3. The lowest BCUT2D eigenvalue weighted by atomic mass is 10.1. The molecule has 2 aromatic carbocycles. The first-order valence-electron chi connectivity index (χ1n) is 7.82. The highest BCUT2D eigenvalue weighted by Crippen LogP contribution is 2.29. The van der Waals surface area contributed by atoms with Crippen LogP contribution in [-0.2, 0) is 4.79 Å². The Balaban J connectivity index is 1.80. The fourth-order valence-electron chi connectivity index (χ4n) is 2.74. The predicted molar refractivity (Wildman–Crippen MR) is 94.4 cm³/mol. The third kappa shape index (κ3) is 3.59. The molecule has 1 fully saturated rings. The van der Waals surface area contributed by atoms with Gasteiger partial charge < -0.3 is 4.74 Å². The fraction of sp³-hybridized carbons (Fsp3) is 0.190. The van der Waals surface area contributed by atoms with Crippen LogP contribution < -0.4 is 4.74 Å². The number of hydrogen-bond acceptors (Lipinski definition) is 2. The lowest BCUT2D eigenvalue weighted by Gasteiger charge is -2.00. The van der Waals surface area contributed by atoms with Crippen molar-refractivity contribution in [3.63, 3.8) is 0 Å². The molecule has 0 heterocycles. The van der Waals surface area contributed by atoms with Crippen LogP contribution in [0.2, 0.25) is 0 Å². The minimum atomic E-state index is 0.168. The highest BCUT2D eigenvalue weighted by molar-refractivity contribution is 6.15. The van der Waals surface area contributed by atoms with Gasteiger partial charge in [-0.1, -0.05) is 42.0 Å². The summed E-state index contributed by atoms with van der Waals surface area (Å²) >= 11 is 0. The molecule has 0 saturated heterocycles. The van der Waals surface area contributed by atoms with Crippen LogP contribution in [0.3, 0.4) is 0 Å². The lowest BCUT2D eigenvalue weighted by Crippen LogP contribution is -1.95. The second-order valence-electron chi connectivity index (χ2n) is 5.85. The van der Waals surface area contributed by atoms with E-state index in [0.29, 0.717) is 0 Å². The quantitative estimate of drug-likeness (QED) is 0.759. The SMILES string of the molecule is COc1ccc(C=C2CCC(=Cc3ccc(C)cc3)C2=O)cc1. The van der Waals surface area contributed by atoms with Crippen molar-refractivity contribution >= 4 is 17.9 Å². The average molecular weight is 304 g/mol. The lowest BCUT2D eigenvalue weighted by molar-refractivity contribution is -0.111. The zero-order valence-corrected chi connectivity index (χ0v) is 13.5. The first-order chi connectivity index (χ1) is 11.2. The number of rotatable bonds is 3. The molecule has 23 heavy (non-hydrogen) atoms. The van der Waals surface area contributed by atoms with Gasteiger partial charge in [0.2, 0.25) is 0 Å². The van der Waals surface area contributed by atoms with Gasteiger partial charge in [-0.25, -0.2) is 0 Å². The number of carbonyl (C=O) groups excluding carboxylic acids is 1. The summed E-state index contributed by atoms with van der Waals surface area (Å²) in [5, 5.41) is 0. The Kier molecular flexibility index (Phi) is 4.42. The Labute approximate surface area is 137 Å². The van der Waals surface area contributed by atoms with Crippen molar-refractivity contribution in [2.75, 3.05) is 7.11 Å². The molecule has 0 N–H and O–H groups in total. The van der Waals surface area contributed by atoms with E-state index in [0.717, 1.165) is 40.9 Å². The summed E-state index contributed by atoms with van der Waals surface area (Å²) in [7, 11) is 1.65. The third-order valence-electron chi connectivity index (χ3n) is 4.12. The normalized spacial score (nSPS) is 17.9. The zero-order valence-electron chi connectivity index (χ0n) is 13.5. The fourth-order valence-corrected chi connectivity index (χ4v) is 2.74. The van der Waals surface area contributed by atoms with Crippen LogP contribution in [0.25, 0.3) is 12.2 Å². The van der Waals surface area contributed by atoms with Crippen molar-refractivity contribution in [1.29, 1.82) is 0 Å². The van der Waals surface area contributed by atoms with Gasteiger partial charge >= 0.3 is 0 Å². The van der Waals surface area contributed by atoms with Crippen molar-refractivity contribution in [3.05, 3.63) is 76.4 Å². The molecule has 1 saturated carbocycles. The van der Waals surface area contributed by atoms with Crippen LogP contribution in [0.4, 0.5) is 0 Å². The van der Waals surface area contributed by atoms with Crippen LogP contribution in [0.1, 0.15) is 29.5 Å². The van der Waals surface area contributed by atoms with Gasteiger partial charge in [0, 0.05) is 11.1 Å². The molecule has 3 rings (SSSR count). The monoisotopic (exact) mass is 304 g/mol. The van der Waals surface area contributed by atoms with E-state index in [1.807, 2.05) is 36.4 Å². The van der Waals surface area contributed by atoms with E-state index in [-0.39, 0.29) is 5.78 Å². The summed E-state index contributed by atoms with van der Waals surface area (Å²) in [6.07, 6.45) is 5.62. The van der Waals surface area contributed by atoms with Crippen molar-refractivity contribution in [3.8, 4) is 5.75 Å². The molecule has 0 atom stereocenters. The minimum Gasteiger partial charge on any atom is -0.497 e. The molecule has 116 valence electrons. The summed E-state index contributed by atoms with van der Waals surface area (Å²) in [5.74, 6) is 0.992. The second-order valence-corrected chi connectivity index (χ2v) is 5.85. The van der Waals surface area contributed by atoms with Gasteiger partial charge in [0.15, 0.2) is 5.78 Å². The smallest absolute Gasteiger partial charge is 0.185 e. The third-order valence-corrected chi connectivity index (χ3v) is 4.12. The molecule has 2 aromatic rings. The van der Waals surface area contributed by atoms with Gasteiger partial charge in [-0.05, 0) is 55.2 Å². The number of benzene rings is 2. The molecule has 0 unspecified atom stereocenters. The minimum absolute atomic E-state index is 0.168. The van der Waals surface area contributed by atoms with E-state index in [4.69, 9.17) is 4.74 Å². The molecule has 0 aromatic heterocycles. The highest BCUT2D eigenvalue weighted by atomic mass is 16.5. The zero-order chi connectivity index (χ0) is 16.2. The largest absolute Gasteiger partial charge is 0.497 e. The topological polar surface area (TPSA) is 26.3 Å². The van der Waals surface area contributed by atoms with Gasteiger partial charge in [0.25, 0.3) is 0 Å². The van der Waals surface area contributed by atoms with Gasteiger partial charge in [-0.3, -0.25) is 4.79 Å². The van der Waals surface area contributed by atoms with E-state index in [1.165, 1.54) is 5.56 Å². The van der Waals surface area contributed by atoms with E-state index in [9.17, 15) is 4.79 Å². The molecular weight excluding hydrogens is 284 g/mol. The molecule has 2 heteroatoms. The number of hydrogen-bond donors (Lipinski definition) is 0. The number of ether oxygens (including phenoxy) is 1. The Morgan fingerprint density at radius 3 is 1.78 bits per heavy atom. The number of ketones is 1. The first kappa shape index (κ1) is 15.3. The molecule has 1 aliphatic rings. The molecule has 0 amide bonds. The second kappa shape index (κ2) is 6.66. The van der Waals surface area contributed by atoms with Crippen LogP contribution in [0, 0.1) is 6.92 Å². The number of Topliss-reactive ketones (excluding diaryl/α,β-unsaturated/α-hetero) is 1. The first-order valence-corrected chi connectivity index (χ1v) is 7.82. The Morgan fingerprint density at radius 1 is 0.826 bits per heavy atom. The molecule has 0 spiro atoms. The van der Waals surface area contributed by atoms with Gasteiger partial charge in [0.05, 0.1) is 7.11 Å². The molecular formula is C21H20O2. The van der Waals surface area contributed by atoms with Gasteiger partial charge in [-0.15, -0.1) is 0 Å². The van der Waals surface area contributed by atoms with Gasteiger partial charge in [-0.2, -0.15) is 0 Å². The summed E-state index contributed by atoms with van der Waals surface area (Å²) in [5.41, 5.74) is 5.13. The van der Waals surface area contributed by atoms with Gasteiger partial charge in [0.1, 0.15) is 5.75 Å². The number of methoxy groups -OCH3 is 1. The number of carbonyl (C=O) groups is 1. The Bertz CT molecular complexity index is 762. The molecule has 1 aliphatic carbocycles. The summed E-state index contributed by atoms with van der Waals surface area (Å²) in [6, 6.07) is 16.0. The maximum absolute atomic E-state index is 12.5. The Morgan fingerprint density at radius 2 is 1.30 bits per heavy atom. The number of aryl methyl sites for hydroxylation is 1. The molecule has 0 radical (unpaired) electrons. The Hall–Kier alpha value is -2.61. The van der Waals surface area contributed by atoms with E-state index in [1.54, 1.807) is 7.11 Å². The molecule has 0 aliphatic heterocycles. The highest BCUT2D eigenvalue weighted by Gasteiger charge is 2.22. The van der Waals surface area contributed by atoms with Crippen molar-refractivity contribution in [2.45, 2.75) is 19.8 Å². The number of allylic oxidation sites excluding steroid dienone is 2. The maximum Gasteiger partial charge on any atom is 0.185 e. The van der Waals surface area contributed by atoms with Crippen LogP contribution in [0.15, 0.2) is 59.7 Å². The van der Waals surface area contributed by atoms with E-state index >= 15 is 0 Å². The molecule has 2 nitrogen and oxygen atoms in total. The van der Waals surface area contributed by atoms with Crippen LogP contribution in [0.5, 0.6) is 5.75 Å². The van der Waals surface area contributed by atoms with Crippen molar-refractivity contribution < 1.29 is 9.53 Å². The summed E-state index contributed by atoms with van der Waals surface area (Å²) in [6.45, 7) is 2.06. The molecule has 0 bridgehead atoms. The van der Waals surface area contributed by atoms with E-state index in [2.05, 4.69) is 31.2 Å². The maximum atomic E-state index is 12.5. The van der Waals surface area contributed by atoms with Crippen LogP contribution in [-0.4, -0.2) is 12.9 Å². The van der Waals surface area contributed by atoms with Crippen LogP contribution >= 0.6 is 0 Å². The van der Waals surface area contributed by atoms with Crippen molar-refractivity contribution in [1.82, 2.24) is 0 Å². The summed E-state index contributed by atoms with van der Waals surface area (Å²) < 4.78 is 5.16. The van der Waals surface area contributed by atoms with Crippen molar-refractivity contribution in [2.24, 2.45) is 0 Å². The van der Waals surface area contributed by atoms with E-state index < -0.39 is 0 Å². The summed E-state index contributed by atoms with van der Waals surface area (Å²) in [4.78, 5) is 12.5. The predicted octanol–water partition coefficient (Wildman–Crippen LogP) is 4.83.